The number of aryl methyl sites for hydroxylation is 2. The highest BCUT2D eigenvalue weighted by molar-refractivity contribution is 6.16. The smallest absolute Gasteiger partial charge is 0.160 e. The largest absolute Gasteiger partial charge is 0.309 e. The van der Waals surface area contributed by atoms with E-state index in [0.29, 0.717) is 157 Å². The van der Waals surface area contributed by atoms with Crippen LogP contribution in [0.1, 0.15) is 56.0 Å². The number of nitrogens with zero attached hydrogens (tertiary/aromatic N) is 16. The van der Waals surface area contributed by atoms with E-state index in [0.717, 1.165) is 59.9 Å². The number of hydrogen-bond donors (Lipinski definition) is 0. The molecular formula is C90H46N16. The zero-order valence-electron chi connectivity index (χ0n) is 56.2. The predicted molar refractivity (Wildman–Crippen MR) is 409 cm³/mol. The molecule has 0 atom stereocenters. The highest BCUT2D eigenvalue weighted by Gasteiger charge is 2.28. The van der Waals surface area contributed by atoms with Crippen molar-refractivity contribution in [2.75, 3.05) is 0 Å². The minimum absolute atomic E-state index is 0.233. The molecule has 0 saturated heterocycles. The van der Waals surface area contributed by atoms with Gasteiger partial charge in [-0.25, -0.2) is 19.9 Å². The topological polar surface area (TPSA) is 262 Å². The molecule has 0 aliphatic heterocycles. The lowest BCUT2D eigenvalue weighted by Crippen LogP contribution is -2.06. The van der Waals surface area contributed by atoms with Crippen LogP contribution < -0.4 is 0 Å². The van der Waals surface area contributed by atoms with Crippen molar-refractivity contribution in [3.8, 4) is 128 Å². The summed E-state index contributed by atoms with van der Waals surface area (Å²) in [7, 11) is 0. The number of hydrogen-bond acceptors (Lipinski definition) is 12. The molecule has 0 N–H and O–H groups in total. The third-order valence-electron chi connectivity index (χ3n) is 20.0. The molecule has 6 aromatic heterocycles. The molecule has 0 fully saturated rings. The van der Waals surface area contributed by atoms with E-state index in [9.17, 15) is 42.1 Å². The third kappa shape index (κ3) is 9.76. The van der Waals surface area contributed by atoms with Crippen molar-refractivity contribution in [3.05, 3.63) is 299 Å². The minimum atomic E-state index is 0.233. The second-order valence-electron chi connectivity index (χ2n) is 26.0. The Hall–Kier alpha value is -16.1. The van der Waals surface area contributed by atoms with Gasteiger partial charge in [0, 0.05) is 76.6 Å². The van der Waals surface area contributed by atoms with Gasteiger partial charge in [0.1, 0.15) is 18.0 Å². The van der Waals surface area contributed by atoms with Crippen molar-refractivity contribution < 1.29 is 0 Å². The Bertz CT molecular complexity index is 7180. The quantitative estimate of drug-likeness (QED) is 0.131. The van der Waals surface area contributed by atoms with Crippen molar-refractivity contribution in [2.24, 2.45) is 0 Å². The molecule has 486 valence electrons. The summed E-state index contributed by atoms with van der Waals surface area (Å²) in [6, 6.07) is 95.5. The van der Waals surface area contributed by atoms with Crippen molar-refractivity contribution in [1.82, 2.24) is 38.2 Å². The van der Waals surface area contributed by atoms with Gasteiger partial charge in [-0.1, -0.05) is 103 Å². The molecule has 0 radical (unpaired) electrons. The summed E-state index contributed by atoms with van der Waals surface area (Å²) in [5.74, 6) is 0.980. The van der Waals surface area contributed by atoms with Crippen LogP contribution in [-0.4, -0.2) is 38.2 Å². The van der Waals surface area contributed by atoms with E-state index in [1.807, 2.05) is 216 Å². The first-order chi connectivity index (χ1) is 52.0. The molecule has 0 bridgehead atoms. The molecule has 0 aliphatic carbocycles. The first kappa shape index (κ1) is 62.2. The lowest BCUT2D eigenvalue weighted by Gasteiger charge is -2.19. The van der Waals surface area contributed by atoms with Gasteiger partial charge in [0.05, 0.1) is 165 Å². The summed E-state index contributed by atoms with van der Waals surface area (Å²) in [6.45, 7) is 3.69. The molecule has 0 unspecified atom stereocenters. The maximum Gasteiger partial charge on any atom is 0.160 e. The Morgan fingerprint density at radius 1 is 0.245 bits per heavy atom. The summed E-state index contributed by atoms with van der Waals surface area (Å²) in [5, 5.41) is 93.0. The van der Waals surface area contributed by atoms with Crippen LogP contribution in [0.25, 0.3) is 166 Å². The minimum Gasteiger partial charge on any atom is -0.309 e. The van der Waals surface area contributed by atoms with Gasteiger partial charge in [-0.05, 0) is 159 Å². The van der Waals surface area contributed by atoms with Gasteiger partial charge in [0.25, 0.3) is 0 Å². The van der Waals surface area contributed by atoms with E-state index in [1.165, 1.54) is 0 Å². The second kappa shape index (κ2) is 24.4. The van der Waals surface area contributed by atoms with Gasteiger partial charge in [0.2, 0.25) is 0 Å². The van der Waals surface area contributed by atoms with Crippen molar-refractivity contribution >= 4 is 87.2 Å². The lowest BCUT2D eigenvalue weighted by atomic mass is 9.96. The zero-order chi connectivity index (χ0) is 72.2. The summed E-state index contributed by atoms with van der Waals surface area (Å²) < 4.78 is 8.06. The zero-order valence-corrected chi connectivity index (χ0v) is 56.2. The first-order valence-corrected chi connectivity index (χ1v) is 33.7. The third-order valence-corrected chi connectivity index (χ3v) is 20.0. The normalized spacial score (nSPS) is 11.2. The molecule has 18 rings (SSSR count). The van der Waals surface area contributed by atoms with Gasteiger partial charge in [-0.3, -0.25) is 0 Å². The highest BCUT2D eigenvalue weighted by atomic mass is 15.0. The SMILES string of the molecule is Cc1cc(-c2cc(-n3c4cc(C#N)ccc4c4ccc(C#N)cc43)c(C#N)cc2-n2c3cc(C#N)ccc3c3cc(-c4ccc5c(c4)c4cc(C#N)ccc4n5-c4cc(-c5cc(-c6ccccc6)nc(-c6ccccc6)n5)c(-n5c6ccccc6c6cc(C#N)ccc65)cc4C#N)c(C#N)cc32)nc(C)n1. The molecule has 18 aromatic rings. The Balaban J connectivity index is 0.875. The summed E-state index contributed by atoms with van der Waals surface area (Å²) in [6.07, 6.45) is 0. The standard InChI is InChI=1S/C90H46N16/c1-51-29-76(100-52(2)99-51)73-40-83(105-84-32-55(45-93)17-23-65(84)66-24-18-56(46-94)33-85(66)105)63(50-98)38-89(73)106-86-34-57(47-95)19-25-67(86)72-39-68(61(48-96)36-87(72)106)60-22-28-81-71(35-60)70-31-54(44-92)21-27-80(70)103(81)82-41-74(77-42-75(58-11-5-3-6-12-58)101-90(102-77)59-13-7-4-8-14-59)88(37-62(82)49-97)104-78-16-10-9-15-64(78)69-30-53(43-91)20-26-79(69)104/h3-42H,1-2H3. The van der Waals surface area contributed by atoms with Crippen molar-refractivity contribution in [2.45, 2.75) is 13.8 Å². The van der Waals surface area contributed by atoms with Crippen LogP contribution in [0, 0.1) is 104 Å². The van der Waals surface area contributed by atoms with Gasteiger partial charge in [-0.15, -0.1) is 0 Å². The average Bonchev–Trinajstić information content (AvgIpc) is 1.64. The maximum absolute atomic E-state index is 11.7. The molecule has 106 heavy (non-hydrogen) atoms. The molecule has 0 spiro atoms. The average molecular weight is 1350 g/mol. The molecule has 6 heterocycles. The summed E-state index contributed by atoms with van der Waals surface area (Å²) >= 11 is 0. The number of para-hydroxylation sites is 1. The van der Waals surface area contributed by atoms with Gasteiger partial charge in [-0.2, -0.15) is 42.1 Å². The number of rotatable bonds is 9. The Morgan fingerprint density at radius 2 is 0.651 bits per heavy atom. The summed E-state index contributed by atoms with van der Waals surface area (Å²) in [5.41, 5.74) is 17.2. The molecule has 0 saturated carbocycles. The van der Waals surface area contributed by atoms with E-state index < -0.39 is 0 Å². The van der Waals surface area contributed by atoms with Crippen LogP contribution in [0.15, 0.2) is 243 Å². The lowest BCUT2D eigenvalue weighted by molar-refractivity contribution is 1.01. The van der Waals surface area contributed by atoms with E-state index in [-0.39, 0.29) is 5.56 Å². The number of benzene rings is 12. The Morgan fingerprint density at radius 3 is 1.20 bits per heavy atom. The van der Waals surface area contributed by atoms with Crippen LogP contribution in [0.5, 0.6) is 0 Å². The fourth-order valence-electron chi connectivity index (χ4n) is 15.4. The Labute approximate surface area is 604 Å². The van der Waals surface area contributed by atoms with Crippen LogP contribution >= 0.6 is 0 Å². The van der Waals surface area contributed by atoms with Crippen LogP contribution in [0.4, 0.5) is 0 Å². The molecule has 12 aromatic carbocycles. The molecule has 16 nitrogen and oxygen atoms in total. The van der Waals surface area contributed by atoms with Crippen molar-refractivity contribution in [1.29, 1.82) is 42.1 Å². The fraction of sp³-hybridized carbons (Fsp3) is 0.0222. The number of fused-ring (bicyclic) bond motifs is 12. The maximum atomic E-state index is 11.7. The monoisotopic (exact) mass is 1350 g/mol. The van der Waals surface area contributed by atoms with E-state index in [1.54, 1.807) is 54.6 Å². The van der Waals surface area contributed by atoms with Gasteiger partial charge >= 0.3 is 0 Å². The van der Waals surface area contributed by atoms with E-state index >= 15 is 0 Å². The fourth-order valence-corrected chi connectivity index (χ4v) is 15.4. The van der Waals surface area contributed by atoms with E-state index in [4.69, 9.17) is 15.0 Å². The first-order valence-electron chi connectivity index (χ1n) is 33.7. The molecule has 16 heteroatoms. The predicted octanol–water partition coefficient (Wildman–Crippen LogP) is 19.6. The van der Waals surface area contributed by atoms with Gasteiger partial charge in [0.15, 0.2) is 5.82 Å². The van der Waals surface area contributed by atoms with Gasteiger partial charge < -0.3 is 18.3 Å². The van der Waals surface area contributed by atoms with Crippen LogP contribution in [0.2, 0.25) is 0 Å². The second-order valence-corrected chi connectivity index (χ2v) is 26.0. The Kier molecular flexibility index (Phi) is 14.3. The number of nitriles is 8. The highest BCUT2D eigenvalue weighted by Crippen LogP contribution is 2.47. The van der Waals surface area contributed by atoms with Crippen LogP contribution in [-0.2, 0) is 0 Å². The summed E-state index contributed by atoms with van der Waals surface area (Å²) in [4.78, 5) is 20.3. The van der Waals surface area contributed by atoms with E-state index in [2.05, 4.69) is 58.1 Å². The van der Waals surface area contributed by atoms with Crippen molar-refractivity contribution in [3.63, 3.8) is 0 Å². The number of aromatic nitrogens is 8. The molecule has 0 aliphatic rings. The molecule has 0 amide bonds. The van der Waals surface area contributed by atoms with Crippen LogP contribution in [0.3, 0.4) is 0 Å². The molecular weight excluding hydrogens is 1310 g/mol.